The molecule has 0 spiro atoms. The minimum atomic E-state index is -0.692. The number of amides is 1. The fourth-order valence-electron chi connectivity index (χ4n) is 1.46. The predicted molar refractivity (Wildman–Crippen MR) is 70.7 cm³/mol. The standard InChI is InChI=1S/C13H16BrF2NO/c1-3-13(2,8-14)17-12(18)7-9-10(15)5-4-6-11(9)16/h4-6H,3,7-8H2,1-2H3,(H,17,18). The molecule has 1 N–H and O–H groups in total. The Bertz CT molecular complexity index is 413. The largest absolute Gasteiger partial charge is 0.350 e. The third kappa shape index (κ3) is 3.77. The van der Waals surface area contributed by atoms with E-state index in [4.69, 9.17) is 0 Å². The lowest BCUT2D eigenvalue weighted by molar-refractivity contribution is -0.122. The molecule has 1 rings (SSSR count). The van der Waals surface area contributed by atoms with E-state index < -0.39 is 17.2 Å². The maximum absolute atomic E-state index is 13.4. The molecule has 0 aliphatic heterocycles. The molecule has 2 nitrogen and oxygen atoms in total. The smallest absolute Gasteiger partial charge is 0.225 e. The number of alkyl halides is 1. The van der Waals surface area contributed by atoms with E-state index in [1.165, 1.54) is 6.07 Å². The van der Waals surface area contributed by atoms with Gasteiger partial charge >= 0.3 is 0 Å². The Balaban J connectivity index is 2.77. The van der Waals surface area contributed by atoms with Gasteiger partial charge in [0.15, 0.2) is 0 Å². The van der Waals surface area contributed by atoms with E-state index in [2.05, 4.69) is 21.2 Å². The van der Waals surface area contributed by atoms with E-state index in [9.17, 15) is 13.6 Å². The van der Waals surface area contributed by atoms with E-state index in [-0.39, 0.29) is 17.9 Å². The molecule has 1 aromatic carbocycles. The second kappa shape index (κ2) is 6.27. The Morgan fingerprint density at radius 3 is 2.39 bits per heavy atom. The molecule has 0 aromatic heterocycles. The molecule has 100 valence electrons. The SMILES string of the molecule is CCC(C)(CBr)NC(=O)Cc1c(F)cccc1F. The summed E-state index contributed by atoms with van der Waals surface area (Å²) in [5.41, 5.74) is -0.596. The lowest BCUT2D eigenvalue weighted by Crippen LogP contribution is -2.47. The van der Waals surface area contributed by atoms with Crippen molar-refractivity contribution in [1.29, 1.82) is 0 Å². The number of hydrogen-bond acceptors (Lipinski definition) is 1. The second-order valence-corrected chi connectivity index (χ2v) is 5.03. The first-order chi connectivity index (χ1) is 8.41. The van der Waals surface area contributed by atoms with Crippen molar-refractivity contribution in [3.63, 3.8) is 0 Å². The Kier molecular flexibility index (Phi) is 5.26. The van der Waals surface area contributed by atoms with Crippen LogP contribution in [0.15, 0.2) is 18.2 Å². The number of benzene rings is 1. The number of rotatable bonds is 5. The number of halogens is 3. The van der Waals surface area contributed by atoms with Gasteiger partial charge < -0.3 is 5.32 Å². The zero-order valence-corrected chi connectivity index (χ0v) is 12.0. The molecule has 0 aliphatic rings. The van der Waals surface area contributed by atoms with Crippen LogP contribution in [0.4, 0.5) is 8.78 Å². The van der Waals surface area contributed by atoms with Crippen LogP contribution in [0, 0.1) is 11.6 Å². The van der Waals surface area contributed by atoms with Gasteiger partial charge in [0.05, 0.1) is 6.42 Å². The van der Waals surface area contributed by atoms with Gasteiger partial charge in [0.2, 0.25) is 5.91 Å². The molecule has 0 saturated carbocycles. The molecular formula is C13H16BrF2NO. The van der Waals surface area contributed by atoms with Crippen LogP contribution in [0.5, 0.6) is 0 Å². The van der Waals surface area contributed by atoms with Gasteiger partial charge in [-0.1, -0.05) is 28.9 Å². The summed E-state index contributed by atoms with van der Waals surface area (Å²) in [6.45, 7) is 3.81. The van der Waals surface area contributed by atoms with E-state index in [0.29, 0.717) is 5.33 Å². The summed E-state index contributed by atoms with van der Waals surface area (Å²) in [7, 11) is 0. The summed E-state index contributed by atoms with van der Waals surface area (Å²) in [4.78, 5) is 11.8. The third-order valence-corrected chi connectivity index (χ3v) is 4.15. The average molecular weight is 320 g/mol. The second-order valence-electron chi connectivity index (χ2n) is 4.47. The molecule has 18 heavy (non-hydrogen) atoms. The summed E-state index contributed by atoms with van der Waals surface area (Å²) >= 11 is 3.31. The Morgan fingerprint density at radius 2 is 1.94 bits per heavy atom. The molecule has 1 amide bonds. The first kappa shape index (κ1) is 15.1. The minimum Gasteiger partial charge on any atom is -0.350 e. The van der Waals surface area contributed by atoms with Crippen LogP contribution in [-0.4, -0.2) is 16.8 Å². The van der Waals surface area contributed by atoms with Gasteiger partial charge in [0, 0.05) is 16.4 Å². The van der Waals surface area contributed by atoms with E-state index in [0.717, 1.165) is 18.6 Å². The molecule has 0 radical (unpaired) electrons. The fraction of sp³-hybridized carbons (Fsp3) is 0.462. The maximum atomic E-state index is 13.4. The highest BCUT2D eigenvalue weighted by Gasteiger charge is 2.23. The fourth-order valence-corrected chi connectivity index (χ4v) is 2.00. The van der Waals surface area contributed by atoms with E-state index >= 15 is 0 Å². The first-order valence-corrected chi connectivity index (χ1v) is 6.84. The number of hydrogen-bond donors (Lipinski definition) is 1. The van der Waals surface area contributed by atoms with Crippen molar-refractivity contribution in [2.24, 2.45) is 0 Å². The van der Waals surface area contributed by atoms with Gasteiger partial charge in [-0.05, 0) is 25.5 Å². The number of carbonyl (C=O) groups excluding carboxylic acids is 1. The first-order valence-electron chi connectivity index (χ1n) is 5.71. The van der Waals surface area contributed by atoms with Gasteiger partial charge in [-0.2, -0.15) is 0 Å². The lowest BCUT2D eigenvalue weighted by Gasteiger charge is -2.27. The van der Waals surface area contributed by atoms with Crippen LogP contribution in [0.3, 0.4) is 0 Å². The van der Waals surface area contributed by atoms with Crippen LogP contribution >= 0.6 is 15.9 Å². The lowest BCUT2D eigenvalue weighted by atomic mass is 10.0. The van der Waals surface area contributed by atoms with Crippen molar-refractivity contribution in [3.8, 4) is 0 Å². The molecule has 0 aliphatic carbocycles. The van der Waals surface area contributed by atoms with Gasteiger partial charge in [-0.3, -0.25) is 4.79 Å². The predicted octanol–water partition coefficient (Wildman–Crippen LogP) is 3.19. The monoisotopic (exact) mass is 319 g/mol. The highest BCUT2D eigenvalue weighted by Crippen LogP contribution is 2.15. The Hall–Kier alpha value is -0.970. The average Bonchev–Trinajstić information content (AvgIpc) is 2.34. The minimum absolute atomic E-state index is 0.192. The van der Waals surface area contributed by atoms with Crippen LogP contribution < -0.4 is 5.32 Å². The zero-order chi connectivity index (χ0) is 13.8. The van der Waals surface area contributed by atoms with Crippen LogP contribution in [0.25, 0.3) is 0 Å². The summed E-state index contributed by atoms with van der Waals surface area (Å²) in [6.07, 6.45) is 0.435. The van der Waals surface area contributed by atoms with Gasteiger partial charge in [-0.15, -0.1) is 0 Å². The Morgan fingerprint density at radius 1 is 1.39 bits per heavy atom. The normalized spacial score (nSPS) is 14.1. The molecule has 0 fully saturated rings. The molecule has 1 atom stereocenters. The molecule has 5 heteroatoms. The highest BCUT2D eigenvalue weighted by atomic mass is 79.9. The highest BCUT2D eigenvalue weighted by molar-refractivity contribution is 9.09. The van der Waals surface area contributed by atoms with E-state index in [1.54, 1.807) is 0 Å². The zero-order valence-electron chi connectivity index (χ0n) is 10.4. The summed E-state index contributed by atoms with van der Waals surface area (Å²) in [6, 6.07) is 3.57. The van der Waals surface area contributed by atoms with Gasteiger partial charge in [0.25, 0.3) is 0 Å². The van der Waals surface area contributed by atoms with Gasteiger partial charge in [-0.25, -0.2) is 8.78 Å². The molecule has 1 unspecified atom stereocenters. The number of carbonyl (C=O) groups is 1. The van der Waals surface area contributed by atoms with Crippen molar-refractivity contribution >= 4 is 21.8 Å². The van der Waals surface area contributed by atoms with Crippen molar-refractivity contribution in [2.75, 3.05) is 5.33 Å². The third-order valence-electron chi connectivity index (χ3n) is 2.92. The summed E-state index contributed by atoms with van der Waals surface area (Å²) < 4.78 is 26.8. The maximum Gasteiger partial charge on any atom is 0.225 e. The molecule has 0 saturated heterocycles. The molecule has 0 bridgehead atoms. The van der Waals surface area contributed by atoms with Gasteiger partial charge in [0.1, 0.15) is 11.6 Å². The van der Waals surface area contributed by atoms with E-state index in [1.807, 2.05) is 13.8 Å². The van der Waals surface area contributed by atoms with Crippen LogP contribution in [0.1, 0.15) is 25.8 Å². The van der Waals surface area contributed by atoms with Crippen LogP contribution in [0.2, 0.25) is 0 Å². The topological polar surface area (TPSA) is 29.1 Å². The summed E-state index contributed by atoms with van der Waals surface area (Å²) in [5, 5.41) is 3.36. The molecule has 0 heterocycles. The number of nitrogens with one attached hydrogen (secondary N) is 1. The molecular weight excluding hydrogens is 304 g/mol. The van der Waals surface area contributed by atoms with Crippen molar-refractivity contribution < 1.29 is 13.6 Å². The van der Waals surface area contributed by atoms with Crippen molar-refractivity contribution in [2.45, 2.75) is 32.2 Å². The Labute approximate surface area is 114 Å². The van der Waals surface area contributed by atoms with Crippen LogP contribution in [-0.2, 0) is 11.2 Å². The molecule has 1 aromatic rings. The quantitative estimate of drug-likeness (QED) is 0.830. The summed E-state index contributed by atoms with van der Waals surface area (Å²) in [5.74, 6) is -1.77. The van der Waals surface area contributed by atoms with Crippen molar-refractivity contribution in [1.82, 2.24) is 5.32 Å². The van der Waals surface area contributed by atoms with Crippen molar-refractivity contribution in [3.05, 3.63) is 35.4 Å².